The van der Waals surface area contributed by atoms with Crippen LogP contribution in [0.25, 0.3) is 22.7 Å². The van der Waals surface area contributed by atoms with Crippen LogP contribution in [0.4, 0.5) is 13.2 Å². The molecular weight excluding hydrogens is 439 g/mol. The van der Waals surface area contributed by atoms with E-state index in [4.69, 9.17) is 4.42 Å². The summed E-state index contributed by atoms with van der Waals surface area (Å²) in [5.74, 6) is -1.50. The maximum atomic E-state index is 14.6. The van der Waals surface area contributed by atoms with Gasteiger partial charge >= 0.3 is 6.43 Å². The molecular formula is C22H16F3N5OS. The maximum absolute atomic E-state index is 14.6. The molecule has 0 N–H and O–H groups in total. The summed E-state index contributed by atoms with van der Waals surface area (Å²) in [6.45, 7) is 2.25. The Morgan fingerprint density at radius 2 is 1.94 bits per heavy atom. The number of aromatic nitrogens is 5. The monoisotopic (exact) mass is 455 g/mol. The first-order chi connectivity index (χ1) is 15.5. The number of benzene rings is 2. The number of thioether (sulfide) groups is 1. The molecule has 3 heterocycles. The van der Waals surface area contributed by atoms with Crippen molar-refractivity contribution in [3.8, 4) is 22.7 Å². The second kappa shape index (κ2) is 8.27. The number of alkyl halides is 2. The summed E-state index contributed by atoms with van der Waals surface area (Å²) in [5, 5.41) is 15.1. The van der Waals surface area contributed by atoms with Crippen molar-refractivity contribution in [2.75, 3.05) is 0 Å². The van der Waals surface area contributed by atoms with Gasteiger partial charge in [0.15, 0.2) is 0 Å². The molecule has 0 atom stereocenters. The third-order valence-corrected chi connectivity index (χ3v) is 6.13. The van der Waals surface area contributed by atoms with Crippen molar-refractivity contribution in [1.29, 1.82) is 0 Å². The molecule has 2 aromatic carbocycles. The average molecular weight is 455 g/mol. The van der Waals surface area contributed by atoms with Crippen LogP contribution in [0.1, 0.15) is 30.4 Å². The Morgan fingerprint density at radius 3 is 2.72 bits per heavy atom. The number of rotatable bonds is 5. The molecule has 162 valence electrons. The molecule has 0 unspecified atom stereocenters. The molecule has 6 nitrogen and oxygen atoms in total. The lowest BCUT2D eigenvalue weighted by Crippen LogP contribution is -2.03. The van der Waals surface area contributed by atoms with Crippen molar-refractivity contribution in [3.05, 3.63) is 76.4 Å². The zero-order chi connectivity index (χ0) is 22.2. The van der Waals surface area contributed by atoms with Gasteiger partial charge in [0.1, 0.15) is 11.5 Å². The minimum Gasteiger partial charge on any atom is -0.415 e. The molecule has 0 bridgehead atoms. The van der Waals surface area contributed by atoms with E-state index >= 15 is 0 Å². The fraction of sp³-hybridized carbons (Fsp3) is 0.182. The summed E-state index contributed by atoms with van der Waals surface area (Å²) < 4.78 is 46.3. The van der Waals surface area contributed by atoms with Crippen LogP contribution in [-0.2, 0) is 13.0 Å². The second-order valence-electron chi connectivity index (χ2n) is 7.30. The van der Waals surface area contributed by atoms with Crippen LogP contribution in [0.5, 0.6) is 0 Å². The zero-order valence-electron chi connectivity index (χ0n) is 16.8. The molecule has 0 saturated carbocycles. The molecule has 0 fully saturated rings. The number of allylic oxidation sites excluding steroid dienone is 2. The number of hydrogen-bond donors (Lipinski definition) is 0. The first-order valence-electron chi connectivity index (χ1n) is 9.74. The van der Waals surface area contributed by atoms with Gasteiger partial charge in [0, 0.05) is 21.6 Å². The molecule has 1 aliphatic heterocycles. The highest BCUT2D eigenvalue weighted by molar-refractivity contribution is 8.03. The van der Waals surface area contributed by atoms with Gasteiger partial charge in [-0.05, 0) is 42.0 Å². The van der Waals surface area contributed by atoms with E-state index < -0.39 is 18.1 Å². The first kappa shape index (κ1) is 20.5. The van der Waals surface area contributed by atoms with Crippen LogP contribution in [0.3, 0.4) is 0 Å². The van der Waals surface area contributed by atoms with Gasteiger partial charge in [-0.3, -0.25) is 0 Å². The van der Waals surface area contributed by atoms with E-state index in [1.165, 1.54) is 33.6 Å². The summed E-state index contributed by atoms with van der Waals surface area (Å²) in [7, 11) is 0. The molecule has 0 aliphatic carbocycles. The Hall–Kier alpha value is -3.40. The van der Waals surface area contributed by atoms with Crippen molar-refractivity contribution in [1.82, 2.24) is 25.2 Å². The fourth-order valence-electron chi connectivity index (χ4n) is 3.38. The van der Waals surface area contributed by atoms with Crippen molar-refractivity contribution in [2.24, 2.45) is 0 Å². The lowest BCUT2D eigenvalue weighted by atomic mass is 10.1. The molecule has 1 aliphatic rings. The van der Waals surface area contributed by atoms with E-state index in [1.54, 1.807) is 22.6 Å². The number of nitrogens with zero attached hydrogens (tertiary/aromatic N) is 5. The van der Waals surface area contributed by atoms with Crippen molar-refractivity contribution in [3.63, 3.8) is 0 Å². The largest absolute Gasteiger partial charge is 0.415 e. The van der Waals surface area contributed by atoms with E-state index in [2.05, 4.69) is 45.6 Å². The van der Waals surface area contributed by atoms with Gasteiger partial charge in [0.2, 0.25) is 5.89 Å². The number of halogens is 3. The quantitative estimate of drug-likeness (QED) is 0.386. The van der Waals surface area contributed by atoms with E-state index in [-0.39, 0.29) is 18.0 Å². The molecule has 10 heteroatoms. The highest BCUT2D eigenvalue weighted by Gasteiger charge is 2.18. The van der Waals surface area contributed by atoms with Gasteiger partial charge in [-0.1, -0.05) is 41.3 Å². The van der Waals surface area contributed by atoms with Crippen molar-refractivity contribution < 1.29 is 17.6 Å². The van der Waals surface area contributed by atoms with Crippen LogP contribution in [0, 0.1) is 5.82 Å². The summed E-state index contributed by atoms with van der Waals surface area (Å²) in [5.41, 5.74) is 3.50. The summed E-state index contributed by atoms with van der Waals surface area (Å²) >= 11 is 1.73. The third kappa shape index (κ3) is 4.05. The van der Waals surface area contributed by atoms with E-state index in [0.717, 1.165) is 12.0 Å². The Labute approximate surface area is 185 Å². The van der Waals surface area contributed by atoms with Gasteiger partial charge in [-0.15, -0.1) is 15.3 Å². The Morgan fingerprint density at radius 1 is 1.09 bits per heavy atom. The van der Waals surface area contributed by atoms with Crippen molar-refractivity contribution in [2.45, 2.75) is 31.2 Å². The van der Waals surface area contributed by atoms with Gasteiger partial charge in [-0.2, -0.15) is 8.78 Å². The standard InChI is InChI=1S/C22H16F3N5OS/c1-12-2-3-13-4-5-14(9-19(13)32-12)18-11-30(29-26-18)10-16-7-6-15(8-17(16)23)21-27-28-22(31-21)20(24)25/h2,4-9,11,20H,3,10H2,1H3. The smallest absolute Gasteiger partial charge is 0.314 e. The second-order valence-corrected chi connectivity index (χ2v) is 8.59. The fourth-order valence-corrected chi connectivity index (χ4v) is 4.36. The van der Waals surface area contributed by atoms with Crippen LogP contribution >= 0.6 is 11.8 Å². The zero-order valence-corrected chi connectivity index (χ0v) is 17.6. The third-order valence-electron chi connectivity index (χ3n) is 5.04. The van der Waals surface area contributed by atoms with Gasteiger partial charge in [-0.25, -0.2) is 9.07 Å². The van der Waals surface area contributed by atoms with Gasteiger partial charge in [0.25, 0.3) is 5.89 Å². The van der Waals surface area contributed by atoms with Gasteiger partial charge < -0.3 is 4.42 Å². The summed E-state index contributed by atoms with van der Waals surface area (Å²) in [6, 6.07) is 10.4. The van der Waals surface area contributed by atoms with Crippen molar-refractivity contribution >= 4 is 11.8 Å². The summed E-state index contributed by atoms with van der Waals surface area (Å²) in [6.07, 6.45) is 2.01. The lowest BCUT2D eigenvalue weighted by Gasteiger charge is -2.14. The molecule has 5 rings (SSSR count). The highest BCUT2D eigenvalue weighted by atomic mass is 32.2. The molecule has 0 spiro atoms. The first-order valence-corrected chi connectivity index (χ1v) is 10.6. The normalized spacial score (nSPS) is 13.3. The average Bonchev–Trinajstić information content (AvgIpc) is 3.45. The summed E-state index contributed by atoms with van der Waals surface area (Å²) in [4.78, 5) is 2.47. The van der Waals surface area contributed by atoms with Crippen LogP contribution in [0.2, 0.25) is 0 Å². The van der Waals surface area contributed by atoms with Gasteiger partial charge in [0.05, 0.1) is 12.7 Å². The van der Waals surface area contributed by atoms with E-state index in [9.17, 15) is 13.2 Å². The van der Waals surface area contributed by atoms with Crippen LogP contribution in [-0.4, -0.2) is 25.2 Å². The lowest BCUT2D eigenvalue weighted by molar-refractivity contribution is 0.116. The molecule has 0 radical (unpaired) electrons. The maximum Gasteiger partial charge on any atom is 0.314 e. The Kier molecular flexibility index (Phi) is 5.30. The topological polar surface area (TPSA) is 69.6 Å². The Balaban J connectivity index is 1.34. The molecule has 2 aromatic heterocycles. The predicted molar refractivity (Wildman–Crippen MR) is 113 cm³/mol. The van der Waals surface area contributed by atoms with Crippen LogP contribution in [0.15, 0.2) is 62.9 Å². The predicted octanol–water partition coefficient (Wildman–Crippen LogP) is 5.67. The van der Waals surface area contributed by atoms with Crippen LogP contribution < -0.4 is 0 Å². The number of fused-ring (bicyclic) bond motifs is 1. The molecule has 0 saturated heterocycles. The Bertz CT molecular complexity index is 1330. The molecule has 0 amide bonds. The van der Waals surface area contributed by atoms with E-state index in [1.807, 2.05) is 6.07 Å². The van der Waals surface area contributed by atoms with E-state index in [0.29, 0.717) is 11.3 Å². The highest BCUT2D eigenvalue weighted by Crippen LogP contribution is 2.36. The SMILES string of the molecule is CC1=CCc2ccc(-c3cn(Cc4ccc(-c5nnc(C(F)F)o5)cc4F)nn3)cc2S1. The minimum atomic E-state index is -2.88. The molecule has 32 heavy (non-hydrogen) atoms. The number of hydrogen-bond acceptors (Lipinski definition) is 6. The molecule has 4 aromatic rings. The minimum absolute atomic E-state index is 0.159.